The smallest absolute Gasteiger partial charge is 0.219 e. The minimum Gasteiger partial charge on any atom is -0.303 e. The third-order valence-corrected chi connectivity index (χ3v) is 4.96. The monoisotopic (exact) mass is 305 g/mol. The summed E-state index contributed by atoms with van der Waals surface area (Å²) in [5.41, 5.74) is 2.16. The van der Waals surface area contributed by atoms with E-state index in [1.165, 1.54) is 62.5 Å². The van der Waals surface area contributed by atoms with Gasteiger partial charge < -0.3 is 4.90 Å². The van der Waals surface area contributed by atoms with Gasteiger partial charge in [-0.25, -0.2) is 0 Å². The molecule has 1 aliphatic rings. The van der Waals surface area contributed by atoms with E-state index in [0.29, 0.717) is 0 Å². The van der Waals surface area contributed by atoms with Crippen LogP contribution >= 0.6 is 11.8 Å². The Kier molecular flexibility index (Phi) is 7.31. The van der Waals surface area contributed by atoms with Gasteiger partial charge in [0.1, 0.15) is 0 Å². The quantitative estimate of drug-likeness (QED) is 0.745. The lowest BCUT2D eigenvalue weighted by atomic mass is 10.1. The Morgan fingerprint density at radius 2 is 2.05 bits per heavy atom. The molecule has 0 N–H and O–H groups in total. The molecule has 0 unspecified atom stereocenters. The van der Waals surface area contributed by atoms with Crippen LogP contribution in [0.3, 0.4) is 0 Å². The summed E-state index contributed by atoms with van der Waals surface area (Å²) in [5.74, 6) is 0.915. The Morgan fingerprint density at radius 1 is 1.24 bits per heavy atom. The molecule has 0 radical (unpaired) electrons. The van der Waals surface area contributed by atoms with Crippen molar-refractivity contribution in [3.05, 3.63) is 35.4 Å². The van der Waals surface area contributed by atoms with Crippen molar-refractivity contribution in [3.8, 4) is 0 Å². The van der Waals surface area contributed by atoms with Crippen molar-refractivity contribution >= 4 is 16.9 Å². The summed E-state index contributed by atoms with van der Waals surface area (Å²) in [6, 6.07) is 8.17. The van der Waals surface area contributed by atoms with Crippen LogP contribution in [0.5, 0.6) is 0 Å². The molecule has 1 saturated heterocycles. The number of unbranched alkanes of at least 4 members (excludes halogenated alkanes) is 1. The van der Waals surface area contributed by atoms with E-state index in [9.17, 15) is 4.79 Å². The summed E-state index contributed by atoms with van der Waals surface area (Å²) in [4.78, 5) is 14.7. The number of rotatable bonds is 7. The van der Waals surface area contributed by atoms with Crippen molar-refractivity contribution in [2.75, 3.05) is 25.4 Å². The molecule has 0 saturated carbocycles. The fourth-order valence-electron chi connectivity index (χ4n) is 2.77. The van der Waals surface area contributed by atoms with E-state index in [0.717, 1.165) is 24.3 Å². The Balaban J connectivity index is 1.76. The number of nitrogens with zero attached hydrogens (tertiary/aromatic N) is 1. The van der Waals surface area contributed by atoms with Crippen LogP contribution in [0.25, 0.3) is 0 Å². The molecule has 0 atom stereocenters. The maximum Gasteiger partial charge on any atom is 0.219 e. The SMILES string of the molecule is CCCCc1cccc(C(=O)SCCN2CCCCC2)c1. The van der Waals surface area contributed by atoms with E-state index in [-0.39, 0.29) is 5.12 Å². The van der Waals surface area contributed by atoms with Gasteiger partial charge in [-0.2, -0.15) is 0 Å². The summed E-state index contributed by atoms with van der Waals surface area (Å²) in [5, 5.41) is 0.227. The summed E-state index contributed by atoms with van der Waals surface area (Å²) in [6.45, 7) is 5.67. The minimum absolute atomic E-state index is 0.227. The molecule has 1 heterocycles. The first-order valence-corrected chi connectivity index (χ1v) is 9.26. The van der Waals surface area contributed by atoms with E-state index >= 15 is 0 Å². The van der Waals surface area contributed by atoms with Crippen LogP contribution in [0.15, 0.2) is 24.3 Å². The molecule has 0 amide bonds. The molecule has 3 heteroatoms. The molecule has 0 bridgehead atoms. The van der Waals surface area contributed by atoms with Crippen LogP contribution < -0.4 is 0 Å². The van der Waals surface area contributed by atoms with Crippen molar-refractivity contribution in [1.82, 2.24) is 4.90 Å². The van der Waals surface area contributed by atoms with Gasteiger partial charge in [-0.05, 0) is 50.4 Å². The highest BCUT2D eigenvalue weighted by Gasteiger charge is 2.12. The Morgan fingerprint density at radius 3 is 2.81 bits per heavy atom. The molecule has 2 nitrogen and oxygen atoms in total. The van der Waals surface area contributed by atoms with Crippen molar-refractivity contribution < 1.29 is 4.79 Å². The number of likely N-dealkylation sites (tertiary alicyclic amines) is 1. The largest absolute Gasteiger partial charge is 0.303 e. The normalized spacial score (nSPS) is 16.0. The second kappa shape index (κ2) is 9.26. The van der Waals surface area contributed by atoms with Crippen LogP contribution in [0.1, 0.15) is 54.9 Å². The van der Waals surface area contributed by atoms with Crippen LogP contribution in [0, 0.1) is 0 Å². The summed E-state index contributed by atoms with van der Waals surface area (Å²) in [7, 11) is 0. The molecule has 1 aromatic carbocycles. The number of hydrogen-bond donors (Lipinski definition) is 0. The van der Waals surface area contributed by atoms with Gasteiger partial charge in [0.05, 0.1) is 0 Å². The topological polar surface area (TPSA) is 20.3 Å². The van der Waals surface area contributed by atoms with E-state index in [4.69, 9.17) is 0 Å². The highest BCUT2D eigenvalue weighted by atomic mass is 32.2. The van der Waals surface area contributed by atoms with Gasteiger partial charge >= 0.3 is 0 Å². The molecule has 2 rings (SSSR count). The molecular formula is C18H27NOS. The molecule has 21 heavy (non-hydrogen) atoms. The number of thioether (sulfide) groups is 1. The number of piperidine rings is 1. The zero-order valence-corrected chi connectivity index (χ0v) is 14.0. The fourth-order valence-corrected chi connectivity index (χ4v) is 3.60. The van der Waals surface area contributed by atoms with Gasteiger partial charge in [0.25, 0.3) is 0 Å². The van der Waals surface area contributed by atoms with E-state index in [1.807, 2.05) is 12.1 Å². The lowest BCUT2D eigenvalue weighted by Crippen LogP contribution is -2.31. The second-order valence-electron chi connectivity index (χ2n) is 5.84. The lowest BCUT2D eigenvalue weighted by molar-refractivity contribution is 0.108. The van der Waals surface area contributed by atoms with Crippen LogP contribution in [-0.2, 0) is 6.42 Å². The lowest BCUT2D eigenvalue weighted by Gasteiger charge is -2.25. The number of carbonyl (C=O) groups excluding carboxylic acids is 1. The molecule has 1 fully saturated rings. The first-order valence-electron chi connectivity index (χ1n) is 8.28. The van der Waals surface area contributed by atoms with Crippen LogP contribution in [0.4, 0.5) is 0 Å². The van der Waals surface area contributed by atoms with Gasteiger partial charge in [-0.15, -0.1) is 0 Å². The van der Waals surface area contributed by atoms with Gasteiger partial charge in [0, 0.05) is 17.9 Å². The number of aryl methyl sites for hydroxylation is 1. The Labute approximate surface area is 133 Å². The van der Waals surface area contributed by atoms with Crippen molar-refractivity contribution in [3.63, 3.8) is 0 Å². The molecule has 0 aliphatic carbocycles. The minimum atomic E-state index is 0.227. The molecule has 1 aromatic rings. The first-order chi connectivity index (χ1) is 10.3. The van der Waals surface area contributed by atoms with Gasteiger partial charge in [-0.3, -0.25) is 4.79 Å². The Bertz CT molecular complexity index is 441. The molecule has 0 aromatic heterocycles. The van der Waals surface area contributed by atoms with Gasteiger partial charge in [0.15, 0.2) is 0 Å². The van der Waals surface area contributed by atoms with Crippen LogP contribution in [-0.4, -0.2) is 35.4 Å². The van der Waals surface area contributed by atoms with Crippen molar-refractivity contribution in [2.24, 2.45) is 0 Å². The van der Waals surface area contributed by atoms with Gasteiger partial charge in [0.2, 0.25) is 5.12 Å². The standard InChI is InChI=1S/C18H27NOS/c1-2-3-8-16-9-7-10-17(15-16)18(20)21-14-13-19-11-5-4-6-12-19/h7,9-10,15H,2-6,8,11-14H2,1H3. The highest BCUT2D eigenvalue weighted by Crippen LogP contribution is 2.16. The van der Waals surface area contributed by atoms with Crippen LogP contribution in [0.2, 0.25) is 0 Å². The van der Waals surface area contributed by atoms with E-state index in [1.54, 1.807) is 0 Å². The van der Waals surface area contributed by atoms with Gasteiger partial charge in [-0.1, -0.05) is 49.7 Å². The number of carbonyl (C=O) groups is 1. The average molecular weight is 305 g/mol. The molecule has 0 spiro atoms. The predicted molar refractivity (Wildman–Crippen MR) is 92.1 cm³/mol. The number of hydrogen-bond acceptors (Lipinski definition) is 3. The average Bonchev–Trinajstić information content (AvgIpc) is 2.54. The maximum atomic E-state index is 12.3. The maximum absolute atomic E-state index is 12.3. The third-order valence-electron chi connectivity index (χ3n) is 4.07. The van der Waals surface area contributed by atoms with Crippen molar-refractivity contribution in [2.45, 2.75) is 45.4 Å². The van der Waals surface area contributed by atoms with E-state index < -0.39 is 0 Å². The number of benzene rings is 1. The highest BCUT2D eigenvalue weighted by molar-refractivity contribution is 8.14. The third kappa shape index (κ3) is 5.84. The summed E-state index contributed by atoms with van der Waals surface area (Å²) >= 11 is 1.48. The van der Waals surface area contributed by atoms with Crippen molar-refractivity contribution in [1.29, 1.82) is 0 Å². The fraction of sp³-hybridized carbons (Fsp3) is 0.611. The second-order valence-corrected chi connectivity index (χ2v) is 6.91. The zero-order chi connectivity index (χ0) is 14.9. The first kappa shape index (κ1) is 16.6. The summed E-state index contributed by atoms with van der Waals surface area (Å²) < 4.78 is 0. The zero-order valence-electron chi connectivity index (χ0n) is 13.1. The molecule has 1 aliphatic heterocycles. The Hall–Kier alpha value is -0.800. The van der Waals surface area contributed by atoms with E-state index in [2.05, 4.69) is 24.0 Å². The molecule has 116 valence electrons. The molecular weight excluding hydrogens is 278 g/mol. The summed E-state index contributed by atoms with van der Waals surface area (Å²) in [6.07, 6.45) is 7.47. The predicted octanol–water partition coefficient (Wildman–Crippen LogP) is 4.39.